The molecule has 1 fully saturated rings. The minimum atomic E-state index is 0.269. The van der Waals surface area contributed by atoms with Crippen molar-refractivity contribution < 1.29 is 0 Å². The van der Waals surface area contributed by atoms with Crippen LogP contribution >= 0.6 is 11.6 Å². The summed E-state index contributed by atoms with van der Waals surface area (Å²) in [5, 5.41) is 0.676. The molecule has 1 atom stereocenters. The first-order valence-electron chi connectivity index (χ1n) is 4.72. The minimum absolute atomic E-state index is 0.269. The summed E-state index contributed by atoms with van der Waals surface area (Å²) in [7, 11) is 0. The fourth-order valence-electron chi connectivity index (χ4n) is 1.82. The summed E-state index contributed by atoms with van der Waals surface area (Å²) >= 11 is 5.83. The number of halogens is 1. The third-order valence-corrected chi connectivity index (χ3v) is 2.79. The maximum Gasteiger partial charge on any atom is 0.0601 e. The second-order valence-electron chi connectivity index (χ2n) is 3.70. The van der Waals surface area contributed by atoms with E-state index in [1.807, 2.05) is 12.1 Å². The molecule has 0 spiro atoms. The lowest BCUT2D eigenvalue weighted by Crippen LogP contribution is -2.26. The monoisotopic (exact) mass is 211 g/mol. The van der Waals surface area contributed by atoms with E-state index in [9.17, 15) is 0 Å². The van der Waals surface area contributed by atoms with E-state index >= 15 is 0 Å². The molecule has 1 aromatic carbocycles. The van der Waals surface area contributed by atoms with Crippen LogP contribution in [0.15, 0.2) is 18.2 Å². The van der Waals surface area contributed by atoms with Crippen molar-refractivity contribution in [3.8, 4) is 0 Å². The standard InChI is InChI=1S/C10H14ClN3/c11-7-1-2-10(9(13)5-7)14-4-3-8(12)6-14/h1-2,5,8H,3-4,6,12-13H2/t8-/m1/s1. The van der Waals surface area contributed by atoms with Crippen LogP contribution in [0.2, 0.25) is 5.02 Å². The number of hydrogen-bond acceptors (Lipinski definition) is 3. The third kappa shape index (κ3) is 1.79. The molecule has 0 aromatic heterocycles. The molecule has 4 N–H and O–H groups in total. The number of rotatable bonds is 1. The molecule has 4 heteroatoms. The lowest BCUT2D eigenvalue weighted by molar-refractivity contribution is 0.752. The molecule has 0 amide bonds. The second-order valence-corrected chi connectivity index (χ2v) is 4.13. The topological polar surface area (TPSA) is 55.3 Å². The number of anilines is 2. The minimum Gasteiger partial charge on any atom is -0.397 e. The molecule has 14 heavy (non-hydrogen) atoms. The molecule has 0 saturated carbocycles. The van der Waals surface area contributed by atoms with Gasteiger partial charge in [-0.25, -0.2) is 0 Å². The van der Waals surface area contributed by atoms with E-state index < -0.39 is 0 Å². The maximum atomic E-state index is 5.88. The van der Waals surface area contributed by atoms with Gasteiger partial charge in [-0.3, -0.25) is 0 Å². The van der Waals surface area contributed by atoms with E-state index in [2.05, 4.69) is 4.90 Å². The SMILES string of the molecule is Nc1cc(Cl)ccc1N1CC[C@@H](N)C1. The average Bonchev–Trinajstić information content (AvgIpc) is 2.51. The second kappa shape index (κ2) is 3.67. The van der Waals surface area contributed by atoms with Gasteiger partial charge in [-0.2, -0.15) is 0 Å². The highest BCUT2D eigenvalue weighted by molar-refractivity contribution is 6.31. The van der Waals surface area contributed by atoms with Crippen molar-refractivity contribution in [1.82, 2.24) is 0 Å². The van der Waals surface area contributed by atoms with Gasteiger partial charge in [0, 0.05) is 24.2 Å². The predicted octanol–water partition coefficient (Wildman–Crippen LogP) is 1.46. The molecule has 0 unspecified atom stereocenters. The number of hydrogen-bond donors (Lipinski definition) is 2. The van der Waals surface area contributed by atoms with Crippen molar-refractivity contribution in [1.29, 1.82) is 0 Å². The van der Waals surface area contributed by atoms with Gasteiger partial charge in [0.1, 0.15) is 0 Å². The van der Waals surface area contributed by atoms with Crippen LogP contribution in [0.5, 0.6) is 0 Å². The molecule has 1 saturated heterocycles. The fourth-order valence-corrected chi connectivity index (χ4v) is 2.00. The molecular weight excluding hydrogens is 198 g/mol. The molecule has 0 radical (unpaired) electrons. The van der Waals surface area contributed by atoms with Crippen molar-refractivity contribution in [3.63, 3.8) is 0 Å². The van der Waals surface area contributed by atoms with Gasteiger partial charge in [0.25, 0.3) is 0 Å². The normalized spacial score (nSPS) is 21.6. The van der Waals surface area contributed by atoms with Crippen LogP contribution in [0.25, 0.3) is 0 Å². The first-order chi connectivity index (χ1) is 6.66. The summed E-state index contributed by atoms with van der Waals surface area (Å²) in [6, 6.07) is 5.86. The van der Waals surface area contributed by atoms with E-state index in [0.717, 1.165) is 30.9 Å². The van der Waals surface area contributed by atoms with Gasteiger partial charge in [-0.15, -0.1) is 0 Å². The molecule has 2 rings (SSSR count). The Balaban J connectivity index is 2.24. The lowest BCUT2D eigenvalue weighted by atomic mass is 10.2. The van der Waals surface area contributed by atoms with Gasteiger partial charge < -0.3 is 16.4 Å². The zero-order valence-corrected chi connectivity index (χ0v) is 8.67. The van der Waals surface area contributed by atoms with Crippen LogP contribution in [-0.4, -0.2) is 19.1 Å². The quantitative estimate of drug-likeness (QED) is 0.692. The first kappa shape index (κ1) is 9.62. The van der Waals surface area contributed by atoms with Crippen molar-refractivity contribution in [2.45, 2.75) is 12.5 Å². The van der Waals surface area contributed by atoms with Crippen LogP contribution in [-0.2, 0) is 0 Å². The lowest BCUT2D eigenvalue weighted by Gasteiger charge is -2.20. The van der Waals surface area contributed by atoms with Crippen LogP contribution < -0.4 is 16.4 Å². The number of nitrogen functional groups attached to an aromatic ring is 1. The highest BCUT2D eigenvalue weighted by Crippen LogP contribution is 2.28. The van der Waals surface area contributed by atoms with E-state index in [0.29, 0.717) is 5.02 Å². The van der Waals surface area contributed by atoms with E-state index in [1.54, 1.807) is 6.07 Å². The van der Waals surface area contributed by atoms with Crippen LogP contribution in [0.1, 0.15) is 6.42 Å². The van der Waals surface area contributed by atoms with Gasteiger partial charge >= 0.3 is 0 Å². The van der Waals surface area contributed by atoms with Gasteiger partial charge in [0.2, 0.25) is 0 Å². The molecule has 1 aromatic rings. The smallest absolute Gasteiger partial charge is 0.0601 e. The van der Waals surface area contributed by atoms with Gasteiger partial charge in [-0.1, -0.05) is 11.6 Å². The average molecular weight is 212 g/mol. The molecule has 0 bridgehead atoms. The van der Waals surface area contributed by atoms with E-state index in [4.69, 9.17) is 23.1 Å². The molecular formula is C10H14ClN3. The van der Waals surface area contributed by atoms with E-state index in [1.165, 1.54) is 0 Å². The number of nitrogens with two attached hydrogens (primary N) is 2. The van der Waals surface area contributed by atoms with Crippen LogP contribution in [0.4, 0.5) is 11.4 Å². The molecule has 0 aliphatic carbocycles. The van der Waals surface area contributed by atoms with E-state index in [-0.39, 0.29) is 6.04 Å². The predicted molar refractivity (Wildman–Crippen MR) is 60.7 cm³/mol. The summed E-state index contributed by atoms with van der Waals surface area (Å²) in [6.07, 6.45) is 1.03. The van der Waals surface area contributed by atoms with Crippen molar-refractivity contribution in [2.75, 3.05) is 23.7 Å². The highest BCUT2D eigenvalue weighted by Gasteiger charge is 2.20. The fraction of sp³-hybridized carbons (Fsp3) is 0.400. The Morgan fingerprint density at radius 1 is 1.43 bits per heavy atom. The van der Waals surface area contributed by atoms with Crippen molar-refractivity contribution in [3.05, 3.63) is 23.2 Å². The Morgan fingerprint density at radius 3 is 2.79 bits per heavy atom. The largest absolute Gasteiger partial charge is 0.397 e. The first-order valence-corrected chi connectivity index (χ1v) is 5.10. The van der Waals surface area contributed by atoms with Gasteiger partial charge in [-0.05, 0) is 24.6 Å². The molecule has 3 nitrogen and oxygen atoms in total. The Bertz CT molecular complexity index is 340. The van der Waals surface area contributed by atoms with Gasteiger partial charge in [0.05, 0.1) is 11.4 Å². The number of benzene rings is 1. The summed E-state index contributed by atoms with van der Waals surface area (Å²) in [5.74, 6) is 0. The highest BCUT2D eigenvalue weighted by atomic mass is 35.5. The zero-order chi connectivity index (χ0) is 10.1. The Labute approximate surface area is 88.6 Å². The van der Waals surface area contributed by atoms with Gasteiger partial charge in [0.15, 0.2) is 0 Å². The van der Waals surface area contributed by atoms with Crippen molar-refractivity contribution in [2.24, 2.45) is 5.73 Å². The summed E-state index contributed by atoms with van der Waals surface area (Å²) in [5.41, 5.74) is 13.5. The number of nitrogens with zero attached hydrogens (tertiary/aromatic N) is 1. The molecule has 76 valence electrons. The Kier molecular flexibility index (Phi) is 2.52. The Hall–Kier alpha value is -0.930. The zero-order valence-electron chi connectivity index (χ0n) is 7.91. The summed E-state index contributed by atoms with van der Waals surface area (Å²) in [4.78, 5) is 2.20. The molecule has 1 aliphatic rings. The van der Waals surface area contributed by atoms with Crippen molar-refractivity contribution >= 4 is 23.0 Å². The Morgan fingerprint density at radius 2 is 2.21 bits per heavy atom. The molecule has 1 heterocycles. The third-order valence-electron chi connectivity index (χ3n) is 2.55. The van der Waals surface area contributed by atoms with Crippen LogP contribution in [0.3, 0.4) is 0 Å². The molecule has 1 aliphatic heterocycles. The maximum absolute atomic E-state index is 5.88. The summed E-state index contributed by atoms with van der Waals surface area (Å²) in [6.45, 7) is 1.86. The van der Waals surface area contributed by atoms with Crippen LogP contribution in [0, 0.1) is 0 Å². The summed E-state index contributed by atoms with van der Waals surface area (Å²) < 4.78 is 0.